The number of aliphatic carboxylic acids is 1. The Morgan fingerprint density at radius 2 is 1.76 bits per heavy atom. The van der Waals surface area contributed by atoms with Crippen molar-refractivity contribution in [1.82, 2.24) is 5.32 Å². The van der Waals surface area contributed by atoms with Gasteiger partial charge in [-0.1, -0.05) is 74.8 Å². The molecule has 1 amide bonds. The van der Waals surface area contributed by atoms with E-state index < -0.39 is 30.5 Å². The number of hydrogen-bond acceptors (Lipinski definition) is 6. The molecule has 0 fully saturated rings. The smallest absolute Gasteiger partial charge is 0.306 e. The van der Waals surface area contributed by atoms with Crippen LogP contribution in [-0.4, -0.2) is 56.4 Å². The van der Waals surface area contributed by atoms with Crippen LogP contribution in [0.2, 0.25) is 5.02 Å². The first-order chi connectivity index (χ1) is 21.1. The van der Waals surface area contributed by atoms with E-state index in [1.54, 1.807) is 30.2 Å². The number of ether oxygens (including phenoxy) is 3. The van der Waals surface area contributed by atoms with Crippen LogP contribution in [0.1, 0.15) is 62.8 Å². The zero-order valence-electron chi connectivity index (χ0n) is 26.4. The van der Waals surface area contributed by atoms with Crippen molar-refractivity contribution >= 4 is 41.6 Å². The minimum absolute atomic E-state index is 0. The summed E-state index contributed by atoms with van der Waals surface area (Å²) in [5, 5.41) is 13.6. The van der Waals surface area contributed by atoms with E-state index in [-0.39, 0.29) is 17.8 Å². The van der Waals surface area contributed by atoms with Gasteiger partial charge in [-0.15, -0.1) is 12.4 Å². The number of carbonyl (C=O) groups excluding carboxylic acids is 1. The number of nitrogens with one attached hydrogen (secondary N) is 1. The fraction of sp³-hybridized carbons (Fsp3) is 0.429. The van der Waals surface area contributed by atoms with E-state index in [0.717, 1.165) is 32.4 Å². The van der Waals surface area contributed by atoms with Gasteiger partial charge in [0.2, 0.25) is 0 Å². The van der Waals surface area contributed by atoms with Crippen LogP contribution in [0.4, 0.5) is 5.69 Å². The predicted molar refractivity (Wildman–Crippen MR) is 180 cm³/mol. The lowest BCUT2D eigenvalue weighted by molar-refractivity contribution is -0.147. The molecule has 2 unspecified atom stereocenters. The molecule has 0 saturated carbocycles. The van der Waals surface area contributed by atoms with Gasteiger partial charge in [0.05, 0.1) is 20.1 Å². The van der Waals surface area contributed by atoms with Crippen molar-refractivity contribution < 1.29 is 28.9 Å². The Labute approximate surface area is 277 Å². The van der Waals surface area contributed by atoms with Crippen LogP contribution in [-0.2, 0) is 20.7 Å². The van der Waals surface area contributed by atoms with Crippen LogP contribution in [0.5, 0.6) is 11.5 Å². The summed E-state index contributed by atoms with van der Waals surface area (Å²) in [5.74, 6) is -0.529. The van der Waals surface area contributed by atoms with Gasteiger partial charge in [0, 0.05) is 28.4 Å². The number of carboxylic acids is 1. The van der Waals surface area contributed by atoms with Gasteiger partial charge in [-0.25, -0.2) is 0 Å². The summed E-state index contributed by atoms with van der Waals surface area (Å²) < 4.78 is 18.4. The lowest BCUT2D eigenvalue weighted by Gasteiger charge is -2.31. The van der Waals surface area contributed by atoms with Crippen molar-refractivity contribution in [2.24, 2.45) is 5.41 Å². The summed E-state index contributed by atoms with van der Waals surface area (Å²) in [7, 11) is 1.56. The number of carboxylic acid groups (broad SMARTS) is 1. The molecule has 0 bridgehead atoms. The zero-order valence-corrected chi connectivity index (χ0v) is 28.0. The van der Waals surface area contributed by atoms with Gasteiger partial charge in [0.1, 0.15) is 12.2 Å². The van der Waals surface area contributed by atoms with Crippen LogP contribution in [0.25, 0.3) is 0 Å². The first-order valence-electron chi connectivity index (χ1n) is 15.1. The lowest BCUT2D eigenvalue weighted by Crippen LogP contribution is -2.44. The minimum atomic E-state index is -1.21. The van der Waals surface area contributed by atoms with Gasteiger partial charge in [0.15, 0.2) is 11.5 Å². The Bertz CT molecular complexity index is 1410. The van der Waals surface area contributed by atoms with E-state index in [9.17, 15) is 14.7 Å². The number of halogens is 2. The Morgan fingerprint density at radius 1 is 1.02 bits per heavy atom. The number of benzene rings is 3. The van der Waals surface area contributed by atoms with Crippen LogP contribution >= 0.6 is 24.0 Å². The molecule has 2 atom stereocenters. The van der Waals surface area contributed by atoms with E-state index in [1.165, 1.54) is 5.56 Å². The van der Waals surface area contributed by atoms with E-state index in [2.05, 4.69) is 29.6 Å². The molecule has 1 heterocycles. The second-order valence-electron chi connectivity index (χ2n) is 12.2. The number of aryl methyl sites for hydroxylation is 1. The van der Waals surface area contributed by atoms with Crippen molar-refractivity contribution in [3.05, 3.63) is 88.4 Å². The Hall–Kier alpha value is -3.30. The van der Waals surface area contributed by atoms with Crippen molar-refractivity contribution in [2.75, 3.05) is 38.3 Å². The number of fused-ring (bicyclic) bond motifs is 1. The highest BCUT2D eigenvalue weighted by molar-refractivity contribution is 6.30. The van der Waals surface area contributed by atoms with Crippen LogP contribution in [0.3, 0.4) is 0 Å². The van der Waals surface area contributed by atoms with Gasteiger partial charge in [0.25, 0.3) is 5.91 Å². The predicted octanol–water partition coefficient (Wildman–Crippen LogP) is 7.10. The summed E-state index contributed by atoms with van der Waals surface area (Å²) in [6.07, 6.45) is 0.383. The summed E-state index contributed by atoms with van der Waals surface area (Å²) in [6.45, 7) is 8.65. The summed E-state index contributed by atoms with van der Waals surface area (Å²) in [4.78, 5) is 27.2. The molecule has 0 aliphatic carbocycles. The summed E-state index contributed by atoms with van der Waals surface area (Å²) in [5.41, 5.74) is 2.97. The summed E-state index contributed by atoms with van der Waals surface area (Å²) in [6, 6.07) is 21.3. The van der Waals surface area contributed by atoms with Crippen molar-refractivity contribution in [2.45, 2.75) is 58.7 Å². The second-order valence-corrected chi connectivity index (χ2v) is 12.6. The molecular formula is C35H44Cl2N2O6. The van der Waals surface area contributed by atoms with Gasteiger partial charge in [-0.05, 0) is 67.6 Å². The molecule has 3 aromatic carbocycles. The molecule has 0 radical (unpaired) electrons. The average molecular weight is 660 g/mol. The molecule has 2 N–H and O–H groups in total. The number of hydrogen-bond donors (Lipinski definition) is 2. The highest BCUT2D eigenvalue weighted by Gasteiger charge is 2.40. The SMILES string of the molecule is COc1c(OCCCNCCCc2ccccc2)cccc1C1OC(CC(=O)O)C(=O)N(CC(C)(C)C)c2ccc(Cl)cc21.Cl. The van der Waals surface area contributed by atoms with Gasteiger partial charge in [-0.3, -0.25) is 9.59 Å². The average Bonchev–Trinajstić information content (AvgIpc) is 3.08. The van der Waals surface area contributed by atoms with E-state index in [4.69, 9.17) is 25.8 Å². The molecule has 3 aromatic rings. The number of anilines is 1. The normalized spacial score (nSPS) is 16.4. The van der Waals surface area contributed by atoms with Crippen LogP contribution in [0.15, 0.2) is 66.7 Å². The fourth-order valence-corrected chi connectivity index (χ4v) is 5.56. The maximum absolute atomic E-state index is 13.8. The maximum Gasteiger partial charge on any atom is 0.306 e. The van der Waals surface area contributed by atoms with Crippen molar-refractivity contribution in [1.29, 1.82) is 0 Å². The first kappa shape index (κ1) is 36.2. The third-order valence-corrected chi connectivity index (χ3v) is 7.55. The lowest BCUT2D eigenvalue weighted by atomic mass is 9.94. The molecular weight excluding hydrogens is 615 g/mol. The molecule has 1 aliphatic rings. The maximum atomic E-state index is 13.8. The number of rotatable bonds is 14. The van der Waals surface area contributed by atoms with E-state index >= 15 is 0 Å². The quantitative estimate of drug-likeness (QED) is 0.178. The minimum Gasteiger partial charge on any atom is -0.492 e. The Kier molecular flexibility index (Phi) is 13.5. The van der Waals surface area contributed by atoms with Gasteiger partial charge < -0.3 is 29.5 Å². The standard InChI is InChI=1S/C35H43ClN2O6.ClH/c1-35(2,3)23-38-28-17-16-25(36)21-27(28)32(44-30(34(38)41)22-31(39)40)26-14-8-15-29(33(26)42-4)43-20-10-19-37-18-9-13-24-11-6-5-7-12-24;/h5-8,11-12,14-17,21,30,32,37H,9-10,13,18-20,22-23H2,1-4H3,(H,39,40);1H. The largest absolute Gasteiger partial charge is 0.492 e. The third kappa shape index (κ3) is 10.1. The molecule has 0 saturated heterocycles. The monoisotopic (exact) mass is 658 g/mol. The molecule has 0 aromatic heterocycles. The number of para-hydroxylation sites is 1. The molecule has 244 valence electrons. The Balaban J connectivity index is 0.00000552. The first-order valence-corrected chi connectivity index (χ1v) is 15.5. The summed E-state index contributed by atoms with van der Waals surface area (Å²) >= 11 is 6.47. The molecule has 0 spiro atoms. The van der Waals surface area contributed by atoms with Crippen molar-refractivity contribution in [3.8, 4) is 11.5 Å². The van der Waals surface area contributed by atoms with Gasteiger partial charge in [-0.2, -0.15) is 0 Å². The molecule has 10 heteroatoms. The van der Waals surface area contributed by atoms with E-state index in [1.807, 2.05) is 45.0 Å². The number of carbonyl (C=O) groups is 2. The Morgan fingerprint density at radius 3 is 2.44 bits per heavy atom. The van der Waals surface area contributed by atoms with Crippen LogP contribution < -0.4 is 19.7 Å². The third-order valence-electron chi connectivity index (χ3n) is 7.31. The molecule has 8 nitrogen and oxygen atoms in total. The topological polar surface area (TPSA) is 97.3 Å². The van der Waals surface area contributed by atoms with E-state index in [0.29, 0.717) is 46.5 Å². The highest BCUT2D eigenvalue weighted by Crippen LogP contribution is 2.45. The van der Waals surface area contributed by atoms with Crippen molar-refractivity contribution in [3.63, 3.8) is 0 Å². The fourth-order valence-electron chi connectivity index (χ4n) is 5.38. The molecule has 4 rings (SSSR count). The second kappa shape index (κ2) is 16.9. The molecule has 45 heavy (non-hydrogen) atoms. The highest BCUT2D eigenvalue weighted by atomic mass is 35.5. The molecule has 1 aliphatic heterocycles. The van der Waals surface area contributed by atoms with Gasteiger partial charge >= 0.3 is 5.97 Å². The number of amides is 1. The number of methoxy groups -OCH3 is 1. The van der Waals surface area contributed by atoms with Crippen LogP contribution in [0, 0.1) is 5.41 Å². The zero-order chi connectivity index (χ0) is 31.7. The number of nitrogens with zero attached hydrogens (tertiary/aromatic N) is 1.